The van der Waals surface area contributed by atoms with Crippen LogP contribution < -0.4 is 5.32 Å². The number of fused-ring (bicyclic) bond motifs is 2. The molecule has 0 radical (unpaired) electrons. The molecule has 1 atom stereocenters. The molecule has 3 aromatic heterocycles. The first-order chi connectivity index (χ1) is 9.31. The van der Waals surface area contributed by atoms with Gasteiger partial charge < -0.3 is 5.32 Å². The third-order valence-corrected chi connectivity index (χ3v) is 3.41. The average molecular weight is 254 g/mol. The molecule has 0 saturated carbocycles. The van der Waals surface area contributed by atoms with E-state index in [4.69, 9.17) is 0 Å². The SMILES string of the molecule is O=C1CC(c2ccn3ncnc3c2)c2cn[nH]c2N1. The second-order valence-electron chi connectivity index (χ2n) is 4.53. The molecule has 2 N–H and O–H groups in total. The lowest BCUT2D eigenvalue weighted by Crippen LogP contribution is -2.23. The third kappa shape index (κ3) is 1.51. The fraction of sp³-hybridized carbons (Fsp3) is 0.167. The van der Waals surface area contributed by atoms with E-state index in [1.807, 2.05) is 18.3 Å². The zero-order valence-corrected chi connectivity index (χ0v) is 9.87. The maximum Gasteiger partial charge on any atom is 0.226 e. The van der Waals surface area contributed by atoms with Gasteiger partial charge in [-0.15, -0.1) is 0 Å². The summed E-state index contributed by atoms with van der Waals surface area (Å²) in [5.74, 6) is 0.676. The molecule has 4 heterocycles. The van der Waals surface area contributed by atoms with Crippen molar-refractivity contribution in [3.63, 3.8) is 0 Å². The summed E-state index contributed by atoms with van der Waals surface area (Å²) in [7, 11) is 0. The lowest BCUT2D eigenvalue weighted by Gasteiger charge is -2.22. The van der Waals surface area contributed by atoms with Gasteiger partial charge in [-0.05, 0) is 17.7 Å². The first-order valence-electron chi connectivity index (χ1n) is 5.93. The number of pyridine rings is 1. The van der Waals surface area contributed by atoms with Crippen LogP contribution in [0, 0.1) is 0 Å². The van der Waals surface area contributed by atoms with E-state index < -0.39 is 0 Å². The number of amides is 1. The molecule has 0 aromatic carbocycles. The minimum Gasteiger partial charge on any atom is -0.311 e. The molecule has 94 valence electrons. The molecule has 7 nitrogen and oxygen atoms in total. The number of hydrogen-bond donors (Lipinski definition) is 2. The van der Waals surface area contributed by atoms with E-state index in [2.05, 4.69) is 25.6 Å². The molecule has 0 bridgehead atoms. The topological polar surface area (TPSA) is 88.0 Å². The molecule has 1 aliphatic rings. The number of carbonyl (C=O) groups is 1. The van der Waals surface area contributed by atoms with Crippen molar-refractivity contribution in [1.29, 1.82) is 0 Å². The lowest BCUT2D eigenvalue weighted by atomic mass is 9.88. The molecule has 1 aliphatic heterocycles. The molecule has 1 unspecified atom stereocenters. The number of anilines is 1. The van der Waals surface area contributed by atoms with Crippen LogP contribution in [0.5, 0.6) is 0 Å². The predicted molar refractivity (Wildman–Crippen MR) is 66.7 cm³/mol. The van der Waals surface area contributed by atoms with E-state index in [1.165, 1.54) is 6.33 Å². The first-order valence-corrected chi connectivity index (χ1v) is 5.93. The van der Waals surface area contributed by atoms with Gasteiger partial charge in [-0.2, -0.15) is 10.2 Å². The summed E-state index contributed by atoms with van der Waals surface area (Å²) >= 11 is 0. The molecule has 0 spiro atoms. The Morgan fingerprint density at radius 1 is 1.42 bits per heavy atom. The Balaban J connectivity index is 1.85. The smallest absolute Gasteiger partial charge is 0.226 e. The van der Waals surface area contributed by atoms with Crippen LogP contribution >= 0.6 is 0 Å². The van der Waals surface area contributed by atoms with E-state index in [0.717, 1.165) is 16.8 Å². The second-order valence-corrected chi connectivity index (χ2v) is 4.53. The quantitative estimate of drug-likeness (QED) is 0.676. The summed E-state index contributed by atoms with van der Waals surface area (Å²) in [5, 5.41) is 13.6. The third-order valence-electron chi connectivity index (χ3n) is 3.41. The highest BCUT2D eigenvalue weighted by atomic mass is 16.1. The highest BCUT2D eigenvalue weighted by Crippen LogP contribution is 2.35. The molecule has 0 saturated heterocycles. The number of H-pyrrole nitrogens is 1. The van der Waals surface area contributed by atoms with Gasteiger partial charge in [-0.1, -0.05) is 0 Å². The minimum absolute atomic E-state index is 0.00389. The van der Waals surface area contributed by atoms with Crippen LogP contribution in [-0.2, 0) is 4.79 Å². The Kier molecular flexibility index (Phi) is 1.96. The molecule has 19 heavy (non-hydrogen) atoms. The fourth-order valence-electron chi connectivity index (χ4n) is 2.49. The van der Waals surface area contributed by atoms with Crippen LogP contribution in [0.3, 0.4) is 0 Å². The standard InChI is InChI=1S/C12H10N6O/c19-11-4-8(9-5-14-17-12(9)16-11)7-1-2-18-10(3-7)13-6-15-18/h1-3,5-6,8H,4H2,(H2,14,16,17,19). The van der Waals surface area contributed by atoms with Crippen molar-refractivity contribution < 1.29 is 4.79 Å². The van der Waals surface area contributed by atoms with E-state index in [0.29, 0.717) is 12.2 Å². The van der Waals surface area contributed by atoms with Crippen LogP contribution in [0.4, 0.5) is 5.82 Å². The summed E-state index contributed by atoms with van der Waals surface area (Å²) in [6.07, 6.45) is 5.53. The fourth-order valence-corrected chi connectivity index (χ4v) is 2.49. The number of nitrogens with zero attached hydrogens (tertiary/aromatic N) is 4. The monoisotopic (exact) mass is 254 g/mol. The average Bonchev–Trinajstić information content (AvgIpc) is 3.04. The number of rotatable bonds is 1. The first kappa shape index (κ1) is 10.2. The van der Waals surface area contributed by atoms with Gasteiger partial charge in [0.1, 0.15) is 12.1 Å². The summed E-state index contributed by atoms with van der Waals surface area (Å²) in [6.45, 7) is 0. The molecule has 1 amide bonds. The molecule has 0 fully saturated rings. The Morgan fingerprint density at radius 3 is 3.32 bits per heavy atom. The van der Waals surface area contributed by atoms with E-state index >= 15 is 0 Å². The van der Waals surface area contributed by atoms with Gasteiger partial charge in [-0.3, -0.25) is 9.89 Å². The minimum atomic E-state index is -0.0110. The molecule has 4 rings (SSSR count). The molecule has 7 heteroatoms. The zero-order chi connectivity index (χ0) is 12.8. The van der Waals surface area contributed by atoms with E-state index in [1.54, 1.807) is 10.7 Å². The number of nitrogens with one attached hydrogen (secondary N) is 2. The summed E-state index contributed by atoms with van der Waals surface area (Å²) in [6, 6.07) is 3.91. The van der Waals surface area contributed by atoms with Crippen LogP contribution in [-0.4, -0.2) is 30.7 Å². The van der Waals surface area contributed by atoms with Crippen molar-refractivity contribution in [3.8, 4) is 0 Å². The van der Waals surface area contributed by atoms with Gasteiger partial charge in [0, 0.05) is 24.1 Å². The Labute approximate surface area is 107 Å². The van der Waals surface area contributed by atoms with Crippen molar-refractivity contribution in [1.82, 2.24) is 24.8 Å². The van der Waals surface area contributed by atoms with Crippen molar-refractivity contribution in [2.75, 3.05) is 5.32 Å². The zero-order valence-electron chi connectivity index (χ0n) is 9.87. The van der Waals surface area contributed by atoms with Gasteiger partial charge in [0.25, 0.3) is 0 Å². The highest BCUT2D eigenvalue weighted by Gasteiger charge is 2.28. The predicted octanol–water partition coefficient (Wildman–Crippen LogP) is 0.926. The van der Waals surface area contributed by atoms with Gasteiger partial charge in [0.2, 0.25) is 5.91 Å². The van der Waals surface area contributed by atoms with Crippen molar-refractivity contribution in [3.05, 3.63) is 42.0 Å². The normalized spacial score (nSPS) is 18.3. The number of carbonyl (C=O) groups excluding carboxylic acids is 1. The van der Waals surface area contributed by atoms with Crippen LogP contribution in [0.1, 0.15) is 23.5 Å². The van der Waals surface area contributed by atoms with Gasteiger partial charge in [0.15, 0.2) is 5.65 Å². The number of hydrogen-bond acceptors (Lipinski definition) is 4. The van der Waals surface area contributed by atoms with E-state index in [-0.39, 0.29) is 11.8 Å². The summed E-state index contributed by atoms with van der Waals surface area (Å²) < 4.78 is 1.70. The lowest BCUT2D eigenvalue weighted by molar-refractivity contribution is -0.116. The van der Waals surface area contributed by atoms with Crippen molar-refractivity contribution in [2.45, 2.75) is 12.3 Å². The van der Waals surface area contributed by atoms with Crippen LogP contribution in [0.2, 0.25) is 0 Å². The maximum absolute atomic E-state index is 11.7. The van der Waals surface area contributed by atoms with Gasteiger partial charge in [-0.25, -0.2) is 9.50 Å². The Bertz CT molecular complexity index is 773. The molecular formula is C12H10N6O. The number of aromatic nitrogens is 5. The van der Waals surface area contributed by atoms with E-state index in [9.17, 15) is 4.79 Å². The van der Waals surface area contributed by atoms with Gasteiger partial charge >= 0.3 is 0 Å². The van der Waals surface area contributed by atoms with Crippen LogP contribution in [0.15, 0.2) is 30.9 Å². The molecular weight excluding hydrogens is 244 g/mol. The maximum atomic E-state index is 11.7. The highest BCUT2D eigenvalue weighted by molar-refractivity contribution is 5.94. The summed E-state index contributed by atoms with van der Waals surface area (Å²) in [4.78, 5) is 15.9. The number of aromatic amines is 1. The summed E-state index contributed by atoms with van der Waals surface area (Å²) in [5.41, 5.74) is 2.81. The Hall–Kier alpha value is -2.70. The second kappa shape index (κ2) is 3.64. The molecule has 0 aliphatic carbocycles. The largest absolute Gasteiger partial charge is 0.311 e. The molecule has 3 aromatic rings. The van der Waals surface area contributed by atoms with Gasteiger partial charge in [0.05, 0.1) is 6.20 Å². The Morgan fingerprint density at radius 2 is 2.37 bits per heavy atom. The van der Waals surface area contributed by atoms with Crippen molar-refractivity contribution in [2.24, 2.45) is 0 Å². The van der Waals surface area contributed by atoms with Crippen LogP contribution in [0.25, 0.3) is 5.65 Å². The van der Waals surface area contributed by atoms with Crippen molar-refractivity contribution >= 4 is 17.4 Å².